The predicted molar refractivity (Wildman–Crippen MR) is 58.2 cm³/mol. The number of hydrogen-bond donors (Lipinski definition) is 2. The fraction of sp³-hybridized carbons (Fsp3) is 0.364. The Morgan fingerprint density at radius 3 is 2.69 bits per heavy atom. The summed E-state index contributed by atoms with van der Waals surface area (Å²) < 4.78 is 0. The van der Waals surface area contributed by atoms with Crippen molar-refractivity contribution >= 4 is 11.9 Å². The van der Waals surface area contributed by atoms with Gasteiger partial charge in [0.25, 0.3) is 5.91 Å². The Labute approximate surface area is 93.5 Å². The van der Waals surface area contributed by atoms with E-state index >= 15 is 0 Å². The van der Waals surface area contributed by atoms with Crippen molar-refractivity contribution < 1.29 is 14.7 Å². The van der Waals surface area contributed by atoms with Crippen LogP contribution in [0.5, 0.6) is 0 Å². The van der Waals surface area contributed by atoms with Gasteiger partial charge in [-0.05, 0) is 25.5 Å². The van der Waals surface area contributed by atoms with Crippen molar-refractivity contribution in [1.82, 2.24) is 10.3 Å². The van der Waals surface area contributed by atoms with Gasteiger partial charge < -0.3 is 10.4 Å². The Bertz CT molecular complexity index is 404. The molecule has 1 atom stereocenters. The van der Waals surface area contributed by atoms with Crippen LogP contribution in [0.4, 0.5) is 0 Å². The maximum Gasteiger partial charge on any atom is 0.326 e. The third-order valence-electron chi connectivity index (χ3n) is 2.13. The molecule has 0 radical (unpaired) electrons. The number of pyridine rings is 1. The Kier molecular flexibility index (Phi) is 3.99. The molecule has 0 saturated carbocycles. The molecule has 0 saturated heterocycles. The summed E-state index contributed by atoms with van der Waals surface area (Å²) in [6, 6.07) is 4.16. The molecule has 0 fully saturated rings. The first-order valence-corrected chi connectivity index (χ1v) is 5.02. The Morgan fingerprint density at radius 1 is 1.50 bits per heavy atom. The molecule has 1 amide bonds. The quantitative estimate of drug-likeness (QED) is 0.796. The Balaban J connectivity index is 2.75. The van der Waals surface area contributed by atoms with E-state index in [9.17, 15) is 9.59 Å². The fourth-order valence-electron chi connectivity index (χ4n) is 1.24. The maximum absolute atomic E-state index is 11.6. The number of hydrogen-bond acceptors (Lipinski definition) is 3. The van der Waals surface area contributed by atoms with Crippen LogP contribution >= 0.6 is 0 Å². The Morgan fingerprint density at radius 2 is 2.19 bits per heavy atom. The van der Waals surface area contributed by atoms with E-state index in [0.717, 1.165) is 5.69 Å². The molecular weight excluding hydrogens is 208 g/mol. The predicted octanol–water partition coefficient (Wildman–Crippen LogP) is 0.983. The third kappa shape index (κ3) is 3.05. The zero-order chi connectivity index (χ0) is 12.1. The van der Waals surface area contributed by atoms with Crippen LogP contribution < -0.4 is 5.32 Å². The molecule has 1 rings (SSSR count). The van der Waals surface area contributed by atoms with Crippen LogP contribution in [0.3, 0.4) is 0 Å². The number of amides is 1. The second-order valence-corrected chi connectivity index (χ2v) is 3.44. The molecule has 1 aromatic heterocycles. The lowest BCUT2D eigenvalue weighted by atomic mass is 10.2. The third-order valence-corrected chi connectivity index (χ3v) is 2.13. The summed E-state index contributed by atoms with van der Waals surface area (Å²) in [7, 11) is 0. The van der Waals surface area contributed by atoms with E-state index in [0.29, 0.717) is 6.42 Å². The van der Waals surface area contributed by atoms with E-state index in [2.05, 4.69) is 10.3 Å². The van der Waals surface area contributed by atoms with Gasteiger partial charge in [-0.3, -0.25) is 4.79 Å². The second kappa shape index (κ2) is 5.25. The normalized spacial score (nSPS) is 11.9. The molecule has 2 N–H and O–H groups in total. The number of carbonyl (C=O) groups is 2. The maximum atomic E-state index is 11.6. The second-order valence-electron chi connectivity index (χ2n) is 3.44. The SMILES string of the molecule is CCC(NC(=O)c1cccc(C)n1)C(=O)O. The molecule has 0 aliphatic carbocycles. The number of carboxylic acids is 1. The highest BCUT2D eigenvalue weighted by atomic mass is 16.4. The van der Waals surface area contributed by atoms with Gasteiger partial charge in [-0.2, -0.15) is 0 Å². The zero-order valence-corrected chi connectivity index (χ0v) is 9.23. The number of aromatic nitrogens is 1. The van der Waals surface area contributed by atoms with Gasteiger partial charge in [0, 0.05) is 5.69 Å². The first-order chi connectivity index (χ1) is 7.54. The minimum Gasteiger partial charge on any atom is -0.480 e. The van der Waals surface area contributed by atoms with Crippen LogP contribution in [-0.4, -0.2) is 28.0 Å². The summed E-state index contributed by atoms with van der Waals surface area (Å²) in [5, 5.41) is 11.2. The van der Waals surface area contributed by atoms with Gasteiger partial charge in [-0.1, -0.05) is 13.0 Å². The van der Waals surface area contributed by atoms with Crippen LogP contribution in [0.25, 0.3) is 0 Å². The average Bonchev–Trinajstić information content (AvgIpc) is 2.25. The van der Waals surface area contributed by atoms with Gasteiger partial charge in [0.05, 0.1) is 0 Å². The van der Waals surface area contributed by atoms with Crippen molar-refractivity contribution in [2.75, 3.05) is 0 Å². The van der Waals surface area contributed by atoms with E-state index in [4.69, 9.17) is 5.11 Å². The highest BCUT2D eigenvalue weighted by molar-refractivity contribution is 5.94. The number of carboxylic acid groups (broad SMARTS) is 1. The minimum absolute atomic E-state index is 0.236. The topological polar surface area (TPSA) is 79.3 Å². The van der Waals surface area contributed by atoms with Crippen molar-refractivity contribution in [3.8, 4) is 0 Å². The van der Waals surface area contributed by atoms with Gasteiger partial charge in [0.1, 0.15) is 11.7 Å². The van der Waals surface area contributed by atoms with Crippen LogP contribution in [0, 0.1) is 6.92 Å². The zero-order valence-electron chi connectivity index (χ0n) is 9.23. The number of aryl methyl sites for hydroxylation is 1. The molecule has 0 aliphatic heterocycles. The summed E-state index contributed by atoms with van der Waals surface area (Å²) in [6.45, 7) is 3.47. The number of nitrogens with zero attached hydrogens (tertiary/aromatic N) is 1. The van der Waals surface area contributed by atoms with Crippen molar-refractivity contribution in [1.29, 1.82) is 0 Å². The van der Waals surface area contributed by atoms with Gasteiger partial charge in [0.2, 0.25) is 0 Å². The molecule has 0 aromatic carbocycles. The van der Waals surface area contributed by atoms with Gasteiger partial charge >= 0.3 is 5.97 Å². The molecule has 1 heterocycles. The molecule has 5 heteroatoms. The molecule has 1 aromatic rings. The molecule has 5 nitrogen and oxygen atoms in total. The van der Waals surface area contributed by atoms with E-state index in [1.165, 1.54) is 0 Å². The first kappa shape index (κ1) is 12.2. The molecule has 1 unspecified atom stereocenters. The largest absolute Gasteiger partial charge is 0.480 e. The summed E-state index contributed by atoms with van der Waals surface area (Å²) in [5.74, 6) is -1.50. The molecule has 16 heavy (non-hydrogen) atoms. The minimum atomic E-state index is -1.04. The molecule has 0 aliphatic rings. The van der Waals surface area contributed by atoms with E-state index < -0.39 is 17.9 Å². The standard InChI is InChI=1S/C11H14N2O3/c1-3-8(11(15)16)13-10(14)9-6-4-5-7(2)12-9/h4-6,8H,3H2,1-2H3,(H,13,14)(H,15,16). The smallest absolute Gasteiger partial charge is 0.326 e. The van der Waals surface area contributed by atoms with Crippen molar-refractivity contribution in [2.45, 2.75) is 26.3 Å². The summed E-state index contributed by atoms with van der Waals surface area (Å²) in [4.78, 5) is 26.4. The first-order valence-electron chi connectivity index (χ1n) is 5.02. The lowest BCUT2D eigenvalue weighted by molar-refractivity contribution is -0.139. The highest BCUT2D eigenvalue weighted by Crippen LogP contribution is 2.00. The van der Waals surface area contributed by atoms with Crippen LogP contribution in [0.15, 0.2) is 18.2 Å². The number of nitrogens with one attached hydrogen (secondary N) is 1. The summed E-state index contributed by atoms with van der Waals surface area (Å²) in [5.41, 5.74) is 0.954. The van der Waals surface area contributed by atoms with Crippen molar-refractivity contribution in [3.63, 3.8) is 0 Å². The lowest BCUT2D eigenvalue weighted by Gasteiger charge is -2.11. The van der Waals surface area contributed by atoms with Crippen molar-refractivity contribution in [2.24, 2.45) is 0 Å². The molecule has 0 spiro atoms. The van der Waals surface area contributed by atoms with E-state index in [-0.39, 0.29) is 5.69 Å². The van der Waals surface area contributed by atoms with Gasteiger partial charge in [-0.15, -0.1) is 0 Å². The summed E-state index contributed by atoms with van der Waals surface area (Å²) in [6.07, 6.45) is 0.340. The van der Waals surface area contributed by atoms with E-state index in [1.54, 1.807) is 32.0 Å². The summed E-state index contributed by atoms with van der Waals surface area (Å²) >= 11 is 0. The van der Waals surface area contributed by atoms with Crippen LogP contribution in [0.1, 0.15) is 29.5 Å². The van der Waals surface area contributed by atoms with Crippen molar-refractivity contribution in [3.05, 3.63) is 29.6 Å². The average molecular weight is 222 g/mol. The fourth-order valence-corrected chi connectivity index (χ4v) is 1.24. The van der Waals surface area contributed by atoms with Crippen LogP contribution in [0.2, 0.25) is 0 Å². The molecule has 86 valence electrons. The number of aliphatic carboxylic acids is 1. The lowest BCUT2D eigenvalue weighted by Crippen LogP contribution is -2.40. The van der Waals surface area contributed by atoms with Crippen LogP contribution in [-0.2, 0) is 4.79 Å². The number of carbonyl (C=O) groups excluding carboxylic acids is 1. The van der Waals surface area contributed by atoms with Gasteiger partial charge in [-0.25, -0.2) is 9.78 Å². The Hall–Kier alpha value is -1.91. The molecular formula is C11H14N2O3. The van der Waals surface area contributed by atoms with Gasteiger partial charge in [0.15, 0.2) is 0 Å². The molecule has 0 bridgehead atoms. The monoisotopic (exact) mass is 222 g/mol. The van der Waals surface area contributed by atoms with E-state index in [1.807, 2.05) is 0 Å². The highest BCUT2D eigenvalue weighted by Gasteiger charge is 2.18. The number of rotatable bonds is 4.